The van der Waals surface area contributed by atoms with Crippen LogP contribution in [0.25, 0.3) is 0 Å². The number of ether oxygens (including phenoxy) is 1. The minimum atomic E-state index is -0.468. The predicted octanol–water partition coefficient (Wildman–Crippen LogP) is 2.92. The number of anilines is 1. The molecular weight excluding hydrogens is 298 g/mol. The minimum absolute atomic E-state index is 0.00159. The molecule has 0 bridgehead atoms. The van der Waals surface area contributed by atoms with E-state index in [1.54, 1.807) is 0 Å². The summed E-state index contributed by atoms with van der Waals surface area (Å²) in [5, 5.41) is 16.4. The molecule has 1 aromatic carbocycles. The SMILES string of the molecule is CC1(C)C(NC(=O)Nc2ccc([N+](=O)[O-])cc2)C2CCCOC21. The third-order valence-corrected chi connectivity index (χ3v) is 4.95. The van der Waals surface area contributed by atoms with E-state index in [0.717, 1.165) is 19.4 Å². The van der Waals surface area contributed by atoms with Crippen LogP contribution in [0.1, 0.15) is 26.7 Å². The van der Waals surface area contributed by atoms with Crippen LogP contribution in [0.5, 0.6) is 0 Å². The molecule has 7 heteroatoms. The van der Waals surface area contributed by atoms with Gasteiger partial charge in [0.2, 0.25) is 0 Å². The molecule has 1 saturated carbocycles. The Labute approximate surface area is 134 Å². The van der Waals surface area contributed by atoms with Crippen LogP contribution in [0.3, 0.4) is 0 Å². The van der Waals surface area contributed by atoms with Crippen molar-refractivity contribution in [2.24, 2.45) is 11.3 Å². The second-order valence-electron chi connectivity index (χ2n) is 6.80. The van der Waals surface area contributed by atoms with Crippen LogP contribution < -0.4 is 10.6 Å². The van der Waals surface area contributed by atoms with Crippen LogP contribution in [-0.2, 0) is 4.74 Å². The molecule has 3 atom stereocenters. The van der Waals surface area contributed by atoms with Crippen molar-refractivity contribution < 1.29 is 14.5 Å². The van der Waals surface area contributed by atoms with Crippen molar-refractivity contribution in [3.05, 3.63) is 34.4 Å². The maximum Gasteiger partial charge on any atom is 0.319 e. The van der Waals surface area contributed by atoms with Gasteiger partial charge in [-0.15, -0.1) is 0 Å². The number of benzene rings is 1. The first kappa shape index (κ1) is 15.7. The van der Waals surface area contributed by atoms with Crippen LogP contribution >= 0.6 is 0 Å². The molecule has 3 rings (SSSR count). The summed E-state index contributed by atoms with van der Waals surface area (Å²) < 4.78 is 5.82. The summed E-state index contributed by atoms with van der Waals surface area (Å²) in [6.45, 7) is 5.01. The van der Waals surface area contributed by atoms with E-state index in [1.165, 1.54) is 24.3 Å². The third-order valence-electron chi connectivity index (χ3n) is 4.95. The number of carbonyl (C=O) groups excluding carboxylic acids is 1. The highest BCUT2D eigenvalue weighted by molar-refractivity contribution is 5.89. The Morgan fingerprint density at radius 3 is 2.70 bits per heavy atom. The second-order valence-corrected chi connectivity index (χ2v) is 6.80. The van der Waals surface area contributed by atoms with E-state index >= 15 is 0 Å². The Morgan fingerprint density at radius 2 is 2.04 bits per heavy atom. The number of nitro benzene ring substituents is 1. The average Bonchev–Trinajstić information content (AvgIpc) is 2.53. The van der Waals surface area contributed by atoms with Crippen molar-refractivity contribution in [3.63, 3.8) is 0 Å². The van der Waals surface area contributed by atoms with Crippen molar-refractivity contribution >= 4 is 17.4 Å². The van der Waals surface area contributed by atoms with E-state index in [4.69, 9.17) is 4.74 Å². The molecular formula is C16H21N3O4. The zero-order chi connectivity index (χ0) is 16.6. The number of hydrogen-bond acceptors (Lipinski definition) is 4. The van der Waals surface area contributed by atoms with E-state index < -0.39 is 4.92 Å². The standard InChI is InChI=1S/C16H21N3O4/c1-16(2)13(12-4-3-9-23-14(12)16)18-15(20)17-10-5-7-11(8-6-10)19(21)22/h5-8,12-14H,3-4,9H2,1-2H3,(H2,17,18,20). The van der Waals surface area contributed by atoms with Gasteiger partial charge in [-0.1, -0.05) is 13.8 Å². The fraction of sp³-hybridized carbons (Fsp3) is 0.562. The summed E-state index contributed by atoms with van der Waals surface area (Å²) in [7, 11) is 0. The molecule has 0 radical (unpaired) electrons. The lowest BCUT2D eigenvalue weighted by Gasteiger charge is -2.59. The highest BCUT2D eigenvalue weighted by Crippen LogP contribution is 2.51. The van der Waals surface area contributed by atoms with Crippen LogP contribution in [0, 0.1) is 21.4 Å². The molecule has 1 aromatic rings. The number of nitrogens with one attached hydrogen (secondary N) is 2. The van der Waals surface area contributed by atoms with Crippen molar-refractivity contribution in [3.8, 4) is 0 Å². The van der Waals surface area contributed by atoms with Gasteiger partial charge < -0.3 is 15.4 Å². The first-order chi connectivity index (χ1) is 10.9. The highest BCUT2D eigenvalue weighted by atomic mass is 16.6. The van der Waals surface area contributed by atoms with E-state index in [0.29, 0.717) is 11.6 Å². The largest absolute Gasteiger partial charge is 0.377 e. The molecule has 7 nitrogen and oxygen atoms in total. The fourth-order valence-corrected chi connectivity index (χ4v) is 3.79. The molecule has 0 aromatic heterocycles. The Balaban J connectivity index is 1.60. The monoisotopic (exact) mass is 319 g/mol. The Morgan fingerprint density at radius 1 is 1.35 bits per heavy atom. The van der Waals surface area contributed by atoms with E-state index in [2.05, 4.69) is 24.5 Å². The van der Waals surface area contributed by atoms with Crippen LogP contribution in [0.4, 0.5) is 16.2 Å². The number of non-ortho nitro benzene ring substituents is 1. The van der Waals surface area contributed by atoms with E-state index in [-0.39, 0.29) is 29.3 Å². The number of amides is 2. The van der Waals surface area contributed by atoms with Gasteiger partial charge in [-0.05, 0) is 25.0 Å². The smallest absolute Gasteiger partial charge is 0.319 e. The molecule has 2 amide bonds. The van der Waals surface area contributed by atoms with Crippen LogP contribution in [0.2, 0.25) is 0 Å². The van der Waals surface area contributed by atoms with Crippen molar-refractivity contribution in [1.82, 2.24) is 5.32 Å². The number of carbonyl (C=O) groups is 1. The summed E-state index contributed by atoms with van der Waals surface area (Å²) in [5.41, 5.74) is 0.442. The molecule has 1 aliphatic heterocycles. The molecule has 1 aliphatic carbocycles. The first-order valence-electron chi connectivity index (χ1n) is 7.83. The van der Waals surface area contributed by atoms with Gasteiger partial charge >= 0.3 is 6.03 Å². The molecule has 1 saturated heterocycles. The van der Waals surface area contributed by atoms with Crippen LogP contribution in [-0.4, -0.2) is 29.7 Å². The topological polar surface area (TPSA) is 93.5 Å². The molecule has 2 aliphatic rings. The second kappa shape index (κ2) is 5.81. The van der Waals surface area contributed by atoms with Crippen LogP contribution in [0.15, 0.2) is 24.3 Å². The molecule has 1 heterocycles. The van der Waals surface area contributed by atoms with E-state index in [9.17, 15) is 14.9 Å². The summed E-state index contributed by atoms with van der Waals surface area (Å²) in [6.07, 6.45) is 2.30. The van der Waals surface area contributed by atoms with Gasteiger partial charge in [0.25, 0.3) is 5.69 Å². The summed E-state index contributed by atoms with van der Waals surface area (Å²) in [5.74, 6) is 0.362. The summed E-state index contributed by atoms with van der Waals surface area (Å²) in [6, 6.07) is 5.57. The van der Waals surface area contributed by atoms with Gasteiger partial charge in [0.1, 0.15) is 0 Å². The maximum atomic E-state index is 12.2. The molecule has 2 N–H and O–H groups in total. The molecule has 23 heavy (non-hydrogen) atoms. The number of rotatable bonds is 3. The quantitative estimate of drug-likeness (QED) is 0.661. The predicted molar refractivity (Wildman–Crippen MR) is 85.3 cm³/mol. The average molecular weight is 319 g/mol. The number of nitro groups is 1. The lowest BCUT2D eigenvalue weighted by molar-refractivity contribution is -0.384. The van der Waals surface area contributed by atoms with E-state index in [1.807, 2.05) is 0 Å². The Hall–Kier alpha value is -2.15. The highest BCUT2D eigenvalue weighted by Gasteiger charge is 2.58. The van der Waals surface area contributed by atoms with Crippen molar-refractivity contribution in [1.29, 1.82) is 0 Å². The number of urea groups is 1. The number of nitrogens with zero attached hydrogens (tertiary/aromatic N) is 1. The number of hydrogen-bond donors (Lipinski definition) is 2. The van der Waals surface area contributed by atoms with Gasteiger partial charge in [-0.3, -0.25) is 10.1 Å². The van der Waals surface area contributed by atoms with Crippen molar-refractivity contribution in [2.45, 2.75) is 38.8 Å². The fourth-order valence-electron chi connectivity index (χ4n) is 3.79. The minimum Gasteiger partial charge on any atom is -0.377 e. The normalized spacial score (nSPS) is 28.2. The zero-order valence-corrected chi connectivity index (χ0v) is 13.2. The van der Waals surface area contributed by atoms with Gasteiger partial charge in [-0.25, -0.2) is 4.79 Å². The Bertz CT molecular complexity index is 614. The van der Waals surface area contributed by atoms with Gasteiger partial charge in [-0.2, -0.15) is 0 Å². The maximum absolute atomic E-state index is 12.2. The lowest BCUT2D eigenvalue weighted by Crippen LogP contribution is -2.70. The first-order valence-corrected chi connectivity index (χ1v) is 7.83. The van der Waals surface area contributed by atoms with Gasteiger partial charge in [0, 0.05) is 41.8 Å². The number of fused-ring (bicyclic) bond motifs is 1. The third kappa shape index (κ3) is 2.88. The Kier molecular flexibility index (Phi) is 3.97. The van der Waals surface area contributed by atoms with Gasteiger partial charge in [0.05, 0.1) is 11.0 Å². The zero-order valence-electron chi connectivity index (χ0n) is 13.2. The van der Waals surface area contributed by atoms with Crippen molar-refractivity contribution in [2.75, 3.05) is 11.9 Å². The molecule has 0 spiro atoms. The molecule has 3 unspecified atom stereocenters. The molecule has 124 valence electrons. The summed E-state index contributed by atoms with van der Waals surface area (Å²) >= 11 is 0. The van der Waals surface area contributed by atoms with Gasteiger partial charge in [0.15, 0.2) is 0 Å². The lowest BCUT2D eigenvalue weighted by atomic mass is 9.55. The summed E-state index contributed by atoms with van der Waals surface area (Å²) in [4.78, 5) is 22.4. The molecule has 2 fully saturated rings.